The van der Waals surface area contributed by atoms with Gasteiger partial charge < -0.3 is 9.55 Å². The van der Waals surface area contributed by atoms with Crippen molar-refractivity contribution in [2.75, 3.05) is 0 Å². The van der Waals surface area contributed by atoms with Crippen LogP contribution in [0.3, 0.4) is 0 Å². The van der Waals surface area contributed by atoms with Crippen LogP contribution in [0.5, 0.6) is 0 Å². The van der Waals surface area contributed by atoms with Gasteiger partial charge in [-0.15, -0.1) is 0 Å². The number of benzene rings is 4. The number of para-hydroxylation sites is 1. The molecule has 3 aromatic heterocycles. The van der Waals surface area contributed by atoms with Crippen LogP contribution in [0, 0.1) is 0 Å². The maximum Gasteiger partial charge on any atom is 0.0737 e. The Morgan fingerprint density at radius 3 is 1.49 bits per heavy atom. The van der Waals surface area contributed by atoms with Crippen LogP contribution in [0.15, 0.2) is 152 Å². The molecule has 0 amide bonds. The number of aromatic amines is 1. The third kappa shape index (κ3) is 5.73. The van der Waals surface area contributed by atoms with Crippen LogP contribution < -0.4 is 0 Å². The van der Waals surface area contributed by atoms with Crippen molar-refractivity contribution in [1.29, 1.82) is 0 Å². The summed E-state index contributed by atoms with van der Waals surface area (Å²) >= 11 is 0. The Bertz CT molecular complexity index is 2530. The fourth-order valence-corrected chi connectivity index (χ4v) is 6.81. The predicted molar refractivity (Wildman–Crippen MR) is 200 cm³/mol. The van der Waals surface area contributed by atoms with Gasteiger partial charge in [-0.3, -0.25) is 0 Å². The molecule has 5 heterocycles. The molecule has 9 rings (SSSR count). The van der Waals surface area contributed by atoms with Crippen LogP contribution in [0.2, 0.25) is 0 Å². The summed E-state index contributed by atoms with van der Waals surface area (Å²) in [5.74, 6) is 0. The molecule has 0 saturated carbocycles. The second-order valence-corrected chi connectivity index (χ2v) is 12.0. The zero-order valence-corrected chi connectivity index (χ0v) is 28.6. The van der Waals surface area contributed by atoms with Crippen LogP contribution in [-0.2, 0) is 22.4 Å². The fourth-order valence-electron chi connectivity index (χ4n) is 6.81. The van der Waals surface area contributed by atoms with E-state index in [-0.39, 0.29) is 22.4 Å². The number of hydrogen-bond donors (Lipinski definition) is 1. The van der Waals surface area contributed by atoms with Crippen molar-refractivity contribution in [3.63, 3.8) is 0 Å². The van der Waals surface area contributed by atoms with Crippen LogP contribution in [0.4, 0.5) is 0 Å². The van der Waals surface area contributed by atoms with E-state index in [1.807, 2.05) is 0 Å². The maximum absolute atomic E-state index is 5.29. The first-order valence-electron chi connectivity index (χ1n) is 16.2. The summed E-state index contributed by atoms with van der Waals surface area (Å²) in [6, 6.07) is 53.3. The molecule has 0 saturated heterocycles. The average Bonchev–Trinajstić information content (AvgIpc) is 3.95. The van der Waals surface area contributed by atoms with Crippen molar-refractivity contribution in [3.05, 3.63) is 174 Å². The number of hydrogen-bond acceptors (Lipinski definition) is 2. The van der Waals surface area contributed by atoms with Gasteiger partial charge in [0.2, 0.25) is 0 Å². The molecule has 2 aliphatic rings. The molecule has 0 unspecified atom stereocenters. The summed E-state index contributed by atoms with van der Waals surface area (Å²) in [4.78, 5) is 13.9. The fraction of sp³-hybridized carbons (Fsp3) is 0. The SMILES string of the molecule is C1=Cc2cc3c(-c4ccccc4)c(-c4ccccc4)c(c(-c4ccccc4)c4nc(cc5ccc(cc1n2)[nH]5)C=C4)n3-c1ccccc1.[Au]. The van der Waals surface area contributed by atoms with E-state index in [2.05, 4.69) is 186 Å². The molecule has 4 nitrogen and oxygen atoms in total. The minimum Gasteiger partial charge on any atom is -0.355 e. The first-order valence-corrected chi connectivity index (χ1v) is 16.2. The molecule has 1 radical (unpaired) electrons. The van der Waals surface area contributed by atoms with Gasteiger partial charge >= 0.3 is 0 Å². The Morgan fingerprint density at radius 1 is 0.429 bits per heavy atom. The first-order chi connectivity index (χ1) is 23.8. The van der Waals surface area contributed by atoms with Gasteiger partial charge in [0.05, 0.1) is 33.8 Å². The second-order valence-electron chi connectivity index (χ2n) is 12.0. The van der Waals surface area contributed by atoms with E-state index in [1.165, 1.54) is 0 Å². The Kier molecular flexibility index (Phi) is 8.12. The maximum atomic E-state index is 5.29. The van der Waals surface area contributed by atoms with Crippen molar-refractivity contribution in [2.24, 2.45) is 0 Å². The number of rotatable bonds is 4. The Labute approximate surface area is 300 Å². The molecular formula is C44H30AuN4. The van der Waals surface area contributed by atoms with E-state index in [0.29, 0.717) is 0 Å². The van der Waals surface area contributed by atoms with Gasteiger partial charge in [-0.05, 0) is 83.5 Å². The molecule has 4 aromatic carbocycles. The van der Waals surface area contributed by atoms with Crippen molar-refractivity contribution in [3.8, 4) is 39.1 Å². The summed E-state index contributed by atoms with van der Waals surface area (Å²) in [6.45, 7) is 0. The van der Waals surface area contributed by atoms with Crippen molar-refractivity contribution >= 4 is 46.4 Å². The molecule has 2 aliphatic heterocycles. The first kappa shape index (κ1) is 30.5. The predicted octanol–water partition coefficient (Wildman–Crippen LogP) is 11.1. The van der Waals surface area contributed by atoms with E-state index in [9.17, 15) is 0 Å². The van der Waals surface area contributed by atoms with Gasteiger partial charge in [-0.1, -0.05) is 109 Å². The second kappa shape index (κ2) is 13.0. The van der Waals surface area contributed by atoms with Gasteiger partial charge in [0.15, 0.2) is 0 Å². The topological polar surface area (TPSA) is 46.5 Å². The van der Waals surface area contributed by atoms with E-state index in [1.54, 1.807) is 0 Å². The van der Waals surface area contributed by atoms with Gasteiger partial charge in [0.25, 0.3) is 0 Å². The Balaban J connectivity index is 0.00000348. The minimum absolute atomic E-state index is 0. The molecule has 49 heavy (non-hydrogen) atoms. The molecule has 0 atom stereocenters. The van der Waals surface area contributed by atoms with Crippen molar-refractivity contribution < 1.29 is 22.4 Å². The summed E-state index contributed by atoms with van der Waals surface area (Å²) in [7, 11) is 0. The van der Waals surface area contributed by atoms with E-state index >= 15 is 0 Å². The van der Waals surface area contributed by atoms with Gasteiger partial charge in [-0.2, -0.15) is 0 Å². The molecule has 8 bridgehead atoms. The smallest absolute Gasteiger partial charge is 0.0737 e. The third-order valence-corrected chi connectivity index (χ3v) is 8.87. The molecular weight excluding hydrogens is 781 g/mol. The number of H-pyrrole nitrogens is 1. The monoisotopic (exact) mass is 811 g/mol. The van der Waals surface area contributed by atoms with Gasteiger partial charge in [0, 0.05) is 55.8 Å². The minimum atomic E-state index is 0. The zero-order valence-electron chi connectivity index (χ0n) is 26.4. The van der Waals surface area contributed by atoms with Crippen molar-refractivity contribution in [2.45, 2.75) is 0 Å². The molecule has 0 aliphatic carbocycles. The van der Waals surface area contributed by atoms with Gasteiger partial charge in [-0.25, -0.2) is 9.97 Å². The summed E-state index contributed by atoms with van der Waals surface area (Å²) in [5, 5.41) is 0. The normalized spacial score (nSPS) is 11.8. The molecule has 7 aromatic rings. The number of nitrogens with zero attached hydrogens (tertiary/aromatic N) is 3. The average molecular weight is 812 g/mol. The van der Waals surface area contributed by atoms with Crippen molar-refractivity contribution in [1.82, 2.24) is 19.5 Å². The summed E-state index contributed by atoms with van der Waals surface area (Å²) in [5.41, 5.74) is 15.4. The van der Waals surface area contributed by atoms with Crippen LogP contribution in [0.25, 0.3) is 85.4 Å². The number of aromatic nitrogens is 4. The summed E-state index contributed by atoms with van der Waals surface area (Å²) in [6.07, 6.45) is 8.44. The standard InChI is InChI=1S/C44H30N4.Au/c1-5-13-30(14-6-1)41-39-26-25-36(47-39)28-35-22-21-33(45-35)27-34-23-24-37(46-34)29-40-42(31-15-7-2-8-16-31)43(32-17-9-3-10-18-32)44(41)48(40)38-19-11-4-12-20-38;/h1-29,45H;. The van der Waals surface area contributed by atoms with E-state index in [0.717, 1.165) is 83.9 Å². The summed E-state index contributed by atoms with van der Waals surface area (Å²) < 4.78 is 2.41. The molecule has 0 fully saturated rings. The van der Waals surface area contributed by atoms with E-state index in [4.69, 9.17) is 9.97 Å². The molecule has 5 heteroatoms. The Morgan fingerprint density at radius 2 is 0.898 bits per heavy atom. The number of fused-ring (bicyclic) bond motifs is 8. The molecule has 237 valence electrons. The van der Waals surface area contributed by atoms with E-state index < -0.39 is 0 Å². The quantitative estimate of drug-likeness (QED) is 0.180. The largest absolute Gasteiger partial charge is 0.355 e. The Hall–Kier alpha value is -5.78. The molecule has 0 spiro atoms. The van der Waals surface area contributed by atoms with Crippen LogP contribution in [-0.4, -0.2) is 19.5 Å². The third-order valence-electron chi connectivity index (χ3n) is 8.87. The number of nitrogens with one attached hydrogen (secondary N) is 1. The van der Waals surface area contributed by atoms with Gasteiger partial charge in [0.1, 0.15) is 0 Å². The van der Waals surface area contributed by atoms with Crippen LogP contribution in [0.1, 0.15) is 22.8 Å². The van der Waals surface area contributed by atoms with Crippen LogP contribution >= 0.6 is 0 Å². The zero-order chi connectivity index (χ0) is 31.9. The molecule has 1 N–H and O–H groups in total.